The van der Waals surface area contributed by atoms with Crippen molar-refractivity contribution in [2.75, 3.05) is 0 Å². The van der Waals surface area contributed by atoms with E-state index in [0.29, 0.717) is 16.7 Å². The fourth-order valence-corrected chi connectivity index (χ4v) is 1.89. The number of carbonyl (C=O) groups excluding carboxylic acids is 1. The topological polar surface area (TPSA) is 41.8 Å². The van der Waals surface area contributed by atoms with Crippen molar-refractivity contribution in [2.45, 2.75) is 13.8 Å². The minimum atomic E-state index is -2.26. The first-order valence-corrected chi connectivity index (χ1v) is 6.27. The molecule has 120 valence electrons. The summed E-state index contributed by atoms with van der Waals surface area (Å²) in [5.41, 5.74) is -0.149. The number of Topliss-reactive ketones (excluding diaryl/α,β-unsaturated/α-hetero) is 1. The van der Waals surface area contributed by atoms with Gasteiger partial charge in [-0.3, -0.25) is 4.79 Å². The number of halogens is 5. The first-order valence-electron chi connectivity index (χ1n) is 6.27. The predicted octanol–water partition coefficient (Wildman–Crippen LogP) is 4.83. The van der Waals surface area contributed by atoms with Crippen LogP contribution in [-0.2, 0) is 4.79 Å². The van der Waals surface area contributed by atoms with Gasteiger partial charge in [-0.1, -0.05) is 0 Å². The van der Waals surface area contributed by atoms with Crippen molar-refractivity contribution in [1.82, 2.24) is 0 Å². The summed E-state index contributed by atoms with van der Waals surface area (Å²) in [5, 5.41) is 6.36. The lowest BCUT2D eigenvalue weighted by atomic mass is 9.96. The summed E-state index contributed by atoms with van der Waals surface area (Å²) < 4.78 is 65.6. The quantitative estimate of drug-likeness (QED) is 0.332. The number of nitrogens with zero attached hydrogens (tertiary/aromatic N) is 2. The van der Waals surface area contributed by atoms with Gasteiger partial charge in [-0.2, -0.15) is 5.11 Å². The lowest BCUT2D eigenvalue weighted by Gasteiger charge is -2.08. The van der Waals surface area contributed by atoms with E-state index in [9.17, 15) is 26.7 Å². The van der Waals surface area contributed by atoms with Crippen LogP contribution in [0, 0.1) is 29.1 Å². The average Bonchev–Trinajstić information content (AvgIpc) is 2.52. The molecule has 0 N–H and O–H groups in total. The molecule has 0 spiro atoms. The first-order chi connectivity index (χ1) is 10.7. The molecular weight excluding hydrogens is 319 g/mol. The van der Waals surface area contributed by atoms with Crippen molar-refractivity contribution >= 4 is 11.5 Å². The average molecular weight is 328 g/mol. The van der Waals surface area contributed by atoms with Crippen LogP contribution in [0.3, 0.4) is 0 Å². The van der Waals surface area contributed by atoms with Crippen LogP contribution >= 0.6 is 0 Å². The van der Waals surface area contributed by atoms with Gasteiger partial charge in [-0.25, -0.2) is 22.0 Å². The maximum Gasteiger partial charge on any atom is 0.200 e. The Hall–Kier alpha value is -2.64. The van der Waals surface area contributed by atoms with Gasteiger partial charge in [0, 0.05) is 0 Å². The van der Waals surface area contributed by atoms with E-state index in [1.54, 1.807) is 13.8 Å². The Bertz CT molecular complexity index is 769. The van der Waals surface area contributed by atoms with E-state index in [1.165, 1.54) is 12.2 Å². The first kappa shape index (κ1) is 16.7. The summed E-state index contributed by atoms with van der Waals surface area (Å²) in [4.78, 5) is 11.5. The Balaban J connectivity index is 2.40. The minimum absolute atomic E-state index is 0.168. The highest BCUT2D eigenvalue weighted by atomic mass is 19.2. The second kappa shape index (κ2) is 6.23. The van der Waals surface area contributed by atoms with Crippen LogP contribution in [-0.4, -0.2) is 5.78 Å². The molecule has 0 saturated carbocycles. The van der Waals surface area contributed by atoms with Crippen molar-refractivity contribution in [2.24, 2.45) is 10.2 Å². The van der Waals surface area contributed by atoms with E-state index >= 15 is 0 Å². The number of allylic oxidation sites excluding steroid dienone is 5. The molecule has 3 nitrogen and oxygen atoms in total. The monoisotopic (exact) mass is 328 g/mol. The van der Waals surface area contributed by atoms with Crippen LogP contribution in [0.4, 0.5) is 27.6 Å². The smallest absolute Gasteiger partial charge is 0.200 e. The molecule has 0 aromatic heterocycles. The van der Waals surface area contributed by atoms with Crippen LogP contribution < -0.4 is 0 Å². The van der Waals surface area contributed by atoms with Gasteiger partial charge in [0.05, 0.1) is 6.20 Å². The largest absolute Gasteiger partial charge is 0.289 e. The second-order valence-electron chi connectivity index (χ2n) is 4.75. The molecule has 0 atom stereocenters. The minimum Gasteiger partial charge on any atom is -0.289 e. The Morgan fingerprint density at radius 3 is 1.74 bits per heavy atom. The van der Waals surface area contributed by atoms with Crippen LogP contribution in [0.1, 0.15) is 13.8 Å². The summed E-state index contributed by atoms with van der Waals surface area (Å²) in [7, 11) is 0. The number of rotatable bonds is 2. The van der Waals surface area contributed by atoms with Crippen LogP contribution in [0.15, 0.2) is 45.3 Å². The number of hydrogen-bond acceptors (Lipinski definition) is 3. The number of ketones is 1. The third kappa shape index (κ3) is 3.10. The molecule has 1 aromatic carbocycles. The van der Waals surface area contributed by atoms with Crippen LogP contribution in [0.2, 0.25) is 0 Å². The summed E-state index contributed by atoms with van der Waals surface area (Å²) >= 11 is 0. The fraction of sp³-hybridized carbons (Fsp3) is 0.133. The number of benzene rings is 1. The Morgan fingerprint density at radius 2 is 1.26 bits per heavy atom. The molecule has 2 rings (SSSR count). The second-order valence-corrected chi connectivity index (χ2v) is 4.75. The summed E-state index contributed by atoms with van der Waals surface area (Å²) in [6, 6.07) is 0. The van der Waals surface area contributed by atoms with Crippen molar-refractivity contribution < 1.29 is 26.7 Å². The van der Waals surface area contributed by atoms with Crippen molar-refractivity contribution in [3.05, 3.63) is 64.2 Å². The van der Waals surface area contributed by atoms with Crippen LogP contribution in [0.5, 0.6) is 0 Å². The highest BCUT2D eigenvalue weighted by Gasteiger charge is 2.25. The van der Waals surface area contributed by atoms with E-state index in [-0.39, 0.29) is 5.78 Å². The molecule has 1 aliphatic carbocycles. The molecule has 0 unspecified atom stereocenters. The Kier molecular flexibility index (Phi) is 4.53. The molecule has 0 bridgehead atoms. The Morgan fingerprint density at radius 1 is 0.826 bits per heavy atom. The molecule has 0 radical (unpaired) electrons. The number of azo groups is 1. The SMILES string of the molecule is CC1=CC(=CN=Nc2c(F)c(F)c(F)c(F)c2F)C=C(C)C1=O. The van der Waals surface area contributed by atoms with E-state index in [2.05, 4.69) is 10.2 Å². The maximum atomic E-state index is 13.4. The van der Waals surface area contributed by atoms with Gasteiger partial charge < -0.3 is 0 Å². The summed E-state index contributed by atoms with van der Waals surface area (Å²) in [5.74, 6) is -10.8. The van der Waals surface area contributed by atoms with E-state index in [0.717, 1.165) is 6.20 Å². The van der Waals surface area contributed by atoms with Gasteiger partial charge in [-0.15, -0.1) is 5.11 Å². The molecule has 0 heterocycles. The summed E-state index contributed by atoms with van der Waals surface area (Å²) in [6.07, 6.45) is 3.94. The van der Waals surface area contributed by atoms with Gasteiger partial charge in [-0.05, 0) is 42.7 Å². The third-order valence-corrected chi connectivity index (χ3v) is 3.03. The van der Waals surface area contributed by atoms with Gasteiger partial charge in [0.1, 0.15) is 0 Å². The molecule has 0 amide bonds. The molecule has 0 saturated heterocycles. The van der Waals surface area contributed by atoms with Crippen LogP contribution in [0.25, 0.3) is 0 Å². The van der Waals surface area contributed by atoms with Crippen molar-refractivity contribution in [1.29, 1.82) is 0 Å². The van der Waals surface area contributed by atoms with E-state index < -0.39 is 34.8 Å². The molecule has 0 fully saturated rings. The molecule has 1 aromatic rings. The molecule has 0 aliphatic heterocycles. The zero-order valence-corrected chi connectivity index (χ0v) is 11.9. The molecule has 23 heavy (non-hydrogen) atoms. The van der Waals surface area contributed by atoms with Gasteiger partial charge in [0.25, 0.3) is 0 Å². The fourth-order valence-electron chi connectivity index (χ4n) is 1.89. The predicted molar refractivity (Wildman–Crippen MR) is 71.4 cm³/mol. The molecule has 1 aliphatic rings. The highest BCUT2D eigenvalue weighted by molar-refractivity contribution is 6.09. The maximum absolute atomic E-state index is 13.4. The van der Waals surface area contributed by atoms with E-state index in [1.807, 2.05) is 0 Å². The zero-order chi connectivity index (χ0) is 17.3. The van der Waals surface area contributed by atoms with Gasteiger partial charge >= 0.3 is 0 Å². The summed E-state index contributed by atoms with van der Waals surface area (Å²) in [6.45, 7) is 3.13. The van der Waals surface area contributed by atoms with Crippen molar-refractivity contribution in [3.8, 4) is 0 Å². The highest BCUT2D eigenvalue weighted by Crippen LogP contribution is 2.29. The number of hydrogen-bond donors (Lipinski definition) is 0. The third-order valence-electron chi connectivity index (χ3n) is 3.03. The Labute approximate surface area is 127 Å². The van der Waals surface area contributed by atoms with E-state index in [4.69, 9.17) is 0 Å². The zero-order valence-electron chi connectivity index (χ0n) is 11.9. The molecule has 8 heteroatoms. The lowest BCUT2D eigenvalue weighted by molar-refractivity contribution is -0.112. The van der Waals surface area contributed by atoms with Gasteiger partial charge in [0.15, 0.2) is 34.7 Å². The molecular formula is C15H9F5N2O. The van der Waals surface area contributed by atoms with Gasteiger partial charge in [0.2, 0.25) is 5.82 Å². The van der Waals surface area contributed by atoms with Crippen molar-refractivity contribution in [3.63, 3.8) is 0 Å². The number of carbonyl (C=O) groups is 1. The normalized spacial score (nSPS) is 15.1. The standard InChI is InChI=1S/C15H9F5N2O/c1-6-3-8(4-7(2)15(6)23)5-21-22-14-12(19)10(17)9(16)11(18)13(14)20/h3-5H,1-2H3. The lowest BCUT2D eigenvalue weighted by Crippen LogP contribution is -2.05.